The minimum absolute atomic E-state index is 0.471. The lowest BCUT2D eigenvalue weighted by molar-refractivity contribution is 0.0439. The number of benzene rings is 1. The molecule has 0 aliphatic heterocycles. The lowest BCUT2D eigenvalue weighted by Gasteiger charge is -2.23. The predicted molar refractivity (Wildman–Crippen MR) is 75.4 cm³/mol. The van der Waals surface area contributed by atoms with Crippen LogP contribution < -0.4 is 5.32 Å². The number of hydrogen-bond donors (Lipinski definition) is 3. The molecule has 1 aliphatic carbocycles. The Morgan fingerprint density at radius 1 is 1.33 bits per heavy atom. The molecule has 1 saturated carbocycles. The smallest absolute Gasteiger partial charge is 0.0914 e. The fourth-order valence-corrected chi connectivity index (χ4v) is 2.90. The van der Waals surface area contributed by atoms with Crippen molar-refractivity contribution in [2.75, 3.05) is 13.1 Å². The summed E-state index contributed by atoms with van der Waals surface area (Å²) in [6, 6.07) is 7.66. The molecule has 1 atom stereocenters. The summed E-state index contributed by atoms with van der Waals surface area (Å²) in [5, 5.41) is 23.4. The molecule has 0 spiro atoms. The van der Waals surface area contributed by atoms with Crippen molar-refractivity contribution in [3.05, 3.63) is 34.3 Å². The molecule has 3 N–H and O–H groups in total. The van der Waals surface area contributed by atoms with Crippen molar-refractivity contribution in [3.63, 3.8) is 0 Å². The molecule has 2 rings (SSSR count). The van der Waals surface area contributed by atoms with E-state index in [1.165, 1.54) is 0 Å². The van der Waals surface area contributed by atoms with Gasteiger partial charge in [0, 0.05) is 17.6 Å². The Labute approximate surface area is 116 Å². The first-order chi connectivity index (χ1) is 8.59. The van der Waals surface area contributed by atoms with Crippen LogP contribution in [0.4, 0.5) is 0 Å². The summed E-state index contributed by atoms with van der Waals surface area (Å²) in [5.74, 6) is 0. The van der Waals surface area contributed by atoms with Crippen molar-refractivity contribution in [1.29, 1.82) is 0 Å². The van der Waals surface area contributed by atoms with Crippen molar-refractivity contribution in [2.24, 2.45) is 0 Å². The third-order valence-electron chi connectivity index (χ3n) is 3.56. The zero-order chi connectivity index (χ0) is 13.0. The molecule has 0 saturated heterocycles. The Balaban J connectivity index is 1.79. The zero-order valence-corrected chi connectivity index (χ0v) is 12.0. The van der Waals surface area contributed by atoms with E-state index in [2.05, 4.69) is 21.2 Å². The van der Waals surface area contributed by atoms with E-state index >= 15 is 0 Å². The van der Waals surface area contributed by atoms with Crippen molar-refractivity contribution in [3.8, 4) is 0 Å². The highest BCUT2D eigenvalue weighted by Gasteiger charge is 2.30. The molecular formula is C14H20BrNO2. The van der Waals surface area contributed by atoms with E-state index in [0.717, 1.165) is 35.7 Å². The normalized spacial score (nSPS) is 19.9. The van der Waals surface area contributed by atoms with Gasteiger partial charge in [0.2, 0.25) is 0 Å². The highest BCUT2D eigenvalue weighted by Crippen LogP contribution is 2.28. The first-order valence-electron chi connectivity index (χ1n) is 6.46. The van der Waals surface area contributed by atoms with Crippen LogP contribution in [-0.4, -0.2) is 28.9 Å². The van der Waals surface area contributed by atoms with Crippen LogP contribution in [0.3, 0.4) is 0 Å². The SMILES string of the molecule is OC(CNCC1(O)CCCC1)c1cccc(Br)c1. The van der Waals surface area contributed by atoms with E-state index in [0.29, 0.717) is 13.1 Å². The Hall–Kier alpha value is -0.420. The number of rotatable bonds is 5. The molecule has 1 aliphatic rings. The van der Waals surface area contributed by atoms with Crippen molar-refractivity contribution >= 4 is 15.9 Å². The van der Waals surface area contributed by atoms with Gasteiger partial charge in [-0.15, -0.1) is 0 Å². The topological polar surface area (TPSA) is 52.5 Å². The van der Waals surface area contributed by atoms with Gasteiger partial charge in [0.05, 0.1) is 11.7 Å². The highest BCUT2D eigenvalue weighted by molar-refractivity contribution is 9.10. The van der Waals surface area contributed by atoms with Crippen LogP contribution in [-0.2, 0) is 0 Å². The van der Waals surface area contributed by atoms with Crippen LogP contribution in [0.1, 0.15) is 37.4 Å². The molecule has 0 amide bonds. The zero-order valence-electron chi connectivity index (χ0n) is 10.4. The third-order valence-corrected chi connectivity index (χ3v) is 4.05. The summed E-state index contributed by atoms with van der Waals surface area (Å²) in [6.45, 7) is 1.04. The maximum atomic E-state index is 10.2. The molecule has 0 heterocycles. The first-order valence-corrected chi connectivity index (χ1v) is 7.25. The maximum Gasteiger partial charge on any atom is 0.0914 e. The Morgan fingerprint density at radius 3 is 2.72 bits per heavy atom. The van der Waals surface area contributed by atoms with E-state index in [1.54, 1.807) is 0 Å². The van der Waals surface area contributed by atoms with Gasteiger partial charge < -0.3 is 15.5 Å². The molecule has 4 heteroatoms. The molecule has 1 aromatic rings. The minimum atomic E-state index is -0.559. The largest absolute Gasteiger partial charge is 0.389 e. The molecule has 0 aromatic heterocycles. The molecule has 3 nitrogen and oxygen atoms in total. The molecule has 1 unspecified atom stereocenters. The van der Waals surface area contributed by atoms with Crippen LogP contribution in [0, 0.1) is 0 Å². The maximum absolute atomic E-state index is 10.2. The van der Waals surface area contributed by atoms with E-state index in [-0.39, 0.29) is 0 Å². The summed E-state index contributed by atoms with van der Waals surface area (Å²) in [4.78, 5) is 0. The second-order valence-corrected chi connectivity index (χ2v) is 6.05. The second-order valence-electron chi connectivity index (χ2n) is 5.13. The van der Waals surface area contributed by atoms with E-state index in [9.17, 15) is 10.2 Å². The van der Waals surface area contributed by atoms with Gasteiger partial charge in [0.25, 0.3) is 0 Å². The molecule has 0 bridgehead atoms. The number of halogens is 1. The standard InChI is InChI=1S/C14H20BrNO2/c15-12-5-3-4-11(8-12)13(17)9-16-10-14(18)6-1-2-7-14/h3-5,8,13,16-18H,1-2,6-7,9-10H2. The van der Waals surface area contributed by atoms with Gasteiger partial charge in [-0.3, -0.25) is 0 Å². The van der Waals surface area contributed by atoms with Gasteiger partial charge in [-0.05, 0) is 30.5 Å². The number of aliphatic hydroxyl groups excluding tert-OH is 1. The van der Waals surface area contributed by atoms with Crippen molar-refractivity contribution in [1.82, 2.24) is 5.32 Å². The lowest BCUT2D eigenvalue weighted by Crippen LogP contribution is -2.39. The van der Waals surface area contributed by atoms with Crippen LogP contribution in [0.5, 0.6) is 0 Å². The van der Waals surface area contributed by atoms with Crippen molar-refractivity contribution < 1.29 is 10.2 Å². The van der Waals surface area contributed by atoms with Gasteiger partial charge in [-0.1, -0.05) is 40.9 Å². The Bertz CT molecular complexity index is 391. The monoisotopic (exact) mass is 313 g/mol. The predicted octanol–water partition coefficient (Wildman–Crippen LogP) is 2.38. The van der Waals surface area contributed by atoms with Crippen molar-refractivity contribution in [2.45, 2.75) is 37.4 Å². The highest BCUT2D eigenvalue weighted by atomic mass is 79.9. The minimum Gasteiger partial charge on any atom is -0.389 e. The quantitative estimate of drug-likeness (QED) is 0.782. The molecule has 1 fully saturated rings. The van der Waals surface area contributed by atoms with Gasteiger partial charge in [-0.25, -0.2) is 0 Å². The fraction of sp³-hybridized carbons (Fsp3) is 0.571. The number of hydrogen-bond acceptors (Lipinski definition) is 3. The van der Waals surface area contributed by atoms with Crippen LogP contribution >= 0.6 is 15.9 Å². The first kappa shape index (κ1) is 14.0. The van der Waals surface area contributed by atoms with Crippen LogP contribution in [0.15, 0.2) is 28.7 Å². The average Bonchev–Trinajstić information content (AvgIpc) is 2.76. The number of aliphatic hydroxyl groups is 2. The van der Waals surface area contributed by atoms with Gasteiger partial charge in [-0.2, -0.15) is 0 Å². The molecular weight excluding hydrogens is 294 g/mol. The van der Waals surface area contributed by atoms with Gasteiger partial charge >= 0.3 is 0 Å². The van der Waals surface area contributed by atoms with Crippen LogP contribution in [0.25, 0.3) is 0 Å². The summed E-state index contributed by atoms with van der Waals surface area (Å²) in [5.41, 5.74) is 0.326. The fourth-order valence-electron chi connectivity index (χ4n) is 2.48. The Morgan fingerprint density at radius 2 is 2.06 bits per heavy atom. The average molecular weight is 314 g/mol. The Kier molecular flexibility index (Phi) is 4.78. The molecule has 0 radical (unpaired) electrons. The lowest BCUT2D eigenvalue weighted by atomic mass is 10.0. The second kappa shape index (κ2) is 6.15. The van der Waals surface area contributed by atoms with Crippen LogP contribution in [0.2, 0.25) is 0 Å². The summed E-state index contributed by atoms with van der Waals surface area (Å²) in [7, 11) is 0. The summed E-state index contributed by atoms with van der Waals surface area (Å²) >= 11 is 3.39. The summed E-state index contributed by atoms with van der Waals surface area (Å²) < 4.78 is 0.966. The molecule has 100 valence electrons. The number of nitrogens with one attached hydrogen (secondary N) is 1. The van der Waals surface area contributed by atoms with E-state index in [1.807, 2.05) is 24.3 Å². The molecule has 18 heavy (non-hydrogen) atoms. The van der Waals surface area contributed by atoms with Gasteiger partial charge in [0.15, 0.2) is 0 Å². The van der Waals surface area contributed by atoms with Gasteiger partial charge in [0.1, 0.15) is 0 Å². The third kappa shape index (κ3) is 3.79. The van der Waals surface area contributed by atoms with E-state index in [4.69, 9.17) is 0 Å². The summed E-state index contributed by atoms with van der Waals surface area (Å²) in [6.07, 6.45) is 3.41. The molecule has 1 aromatic carbocycles. The van der Waals surface area contributed by atoms with E-state index < -0.39 is 11.7 Å².